The number of rotatable bonds is 4. The number of nitrogen functional groups attached to an aromatic ring is 1. The maximum Gasteiger partial charge on any atom is 0.241 e. The van der Waals surface area contributed by atoms with Crippen molar-refractivity contribution >= 4 is 27.0 Å². The third-order valence-electron chi connectivity index (χ3n) is 2.67. The maximum atomic E-state index is 13.3. The Hall–Kier alpha value is -1.44. The molecule has 4 nitrogen and oxygen atoms in total. The number of nitrogens with two attached hydrogens (primary N) is 1. The van der Waals surface area contributed by atoms with Crippen LogP contribution < -0.4 is 10.5 Å². The topological polar surface area (TPSA) is 72.2 Å². The normalized spacial score (nSPS) is 11.7. The van der Waals surface area contributed by atoms with E-state index in [1.807, 2.05) is 18.4 Å². The summed E-state index contributed by atoms with van der Waals surface area (Å²) in [6.45, 7) is 2.10. The average Bonchev–Trinajstić information content (AvgIpc) is 2.76. The zero-order valence-electron chi connectivity index (χ0n) is 10.2. The van der Waals surface area contributed by atoms with Crippen LogP contribution >= 0.6 is 11.3 Å². The van der Waals surface area contributed by atoms with Crippen molar-refractivity contribution in [3.63, 3.8) is 0 Å². The molecule has 3 N–H and O–H groups in total. The van der Waals surface area contributed by atoms with Crippen LogP contribution in [0.4, 0.5) is 10.1 Å². The van der Waals surface area contributed by atoms with Gasteiger partial charge in [0, 0.05) is 11.4 Å². The van der Waals surface area contributed by atoms with Crippen molar-refractivity contribution < 1.29 is 12.8 Å². The highest BCUT2D eigenvalue weighted by Crippen LogP contribution is 2.18. The summed E-state index contributed by atoms with van der Waals surface area (Å²) in [6.07, 6.45) is 0. The summed E-state index contributed by atoms with van der Waals surface area (Å²) >= 11 is 1.47. The lowest BCUT2D eigenvalue weighted by Gasteiger charge is -2.07. The second kappa shape index (κ2) is 5.28. The summed E-state index contributed by atoms with van der Waals surface area (Å²) in [7, 11) is -3.73. The van der Waals surface area contributed by atoms with E-state index in [-0.39, 0.29) is 17.1 Å². The first-order chi connectivity index (χ1) is 8.90. The lowest BCUT2D eigenvalue weighted by Crippen LogP contribution is -2.23. The molecule has 102 valence electrons. The summed E-state index contributed by atoms with van der Waals surface area (Å²) in [5.41, 5.74) is 6.26. The molecule has 7 heteroatoms. The molecule has 0 fully saturated rings. The SMILES string of the molecule is Cc1ccsc1CNS(=O)(=O)c1ccc(N)c(F)c1. The summed E-state index contributed by atoms with van der Waals surface area (Å²) in [4.78, 5) is 0.799. The fourth-order valence-corrected chi connectivity index (χ4v) is 3.45. The Bertz CT molecular complexity index is 696. The van der Waals surface area contributed by atoms with Crippen LogP contribution in [0, 0.1) is 12.7 Å². The highest BCUT2D eigenvalue weighted by Gasteiger charge is 2.16. The van der Waals surface area contributed by atoms with Gasteiger partial charge in [0.2, 0.25) is 10.0 Å². The predicted molar refractivity (Wildman–Crippen MR) is 73.9 cm³/mol. The van der Waals surface area contributed by atoms with E-state index in [2.05, 4.69) is 4.72 Å². The molecular weight excluding hydrogens is 287 g/mol. The van der Waals surface area contributed by atoms with Crippen molar-refractivity contribution in [3.05, 3.63) is 45.9 Å². The number of hydrogen-bond donors (Lipinski definition) is 2. The van der Waals surface area contributed by atoms with Gasteiger partial charge in [0.1, 0.15) is 5.82 Å². The first-order valence-electron chi connectivity index (χ1n) is 5.48. The Morgan fingerprint density at radius 1 is 1.37 bits per heavy atom. The van der Waals surface area contributed by atoms with Crippen molar-refractivity contribution in [2.24, 2.45) is 0 Å². The van der Waals surface area contributed by atoms with Gasteiger partial charge in [-0.2, -0.15) is 0 Å². The summed E-state index contributed by atoms with van der Waals surface area (Å²) in [5, 5.41) is 1.89. The number of anilines is 1. The second-order valence-electron chi connectivity index (χ2n) is 4.03. The zero-order valence-corrected chi connectivity index (χ0v) is 11.8. The standard InChI is InChI=1S/C12H13FN2O2S2/c1-8-4-5-18-12(8)7-15-19(16,17)9-2-3-11(14)10(13)6-9/h2-6,15H,7,14H2,1H3. The maximum absolute atomic E-state index is 13.3. The summed E-state index contributed by atoms with van der Waals surface area (Å²) in [5.74, 6) is -0.741. The van der Waals surface area contributed by atoms with E-state index >= 15 is 0 Å². The summed E-state index contributed by atoms with van der Waals surface area (Å²) < 4.78 is 39.7. The van der Waals surface area contributed by atoms with Gasteiger partial charge < -0.3 is 5.73 Å². The first kappa shape index (κ1) is 14.0. The molecule has 0 spiro atoms. The van der Waals surface area contributed by atoms with E-state index < -0.39 is 15.8 Å². The number of nitrogens with one attached hydrogen (secondary N) is 1. The van der Waals surface area contributed by atoms with E-state index in [9.17, 15) is 12.8 Å². The molecule has 19 heavy (non-hydrogen) atoms. The van der Waals surface area contributed by atoms with Crippen molar-refractivity contribution in [1.82, 2.24) is 4.72 Å². The molecule has 2 rings (SSSR count). The molecule has 2 aromatic rings. The lowest BCUT2D eigenvalue weighted by atomic mass is 10.3. The average molecular weight is 300 g/mol. The summed E-state index contributed by atoms with van der Waals surface area (Å²) in [6, 6.07) is 5.35. The Morgan fingerprint density at radius 3 is 2.68 bits per heavy atom. The van der Waals surface area contributed by atoms with Crippen molar-refractivity contribution in [2.75, 3.05) is 5.73 Å². The number of hydrogen-bond acceptors (Lipinski definition) is 4. The van der Waals surface area contributed by atoms with Crippen LogP contribution in [-0.4, -0.2) is 8.42 Å². The van der Waals surface area contributed by atoms with E-state index in [0.717, 1.165) is 16.5 Å². The largest absolute Gasteiger partial charge is 0.396 e. The predicted octanol–water partition coefficient (Wildman–Crippen LogP) is 2.26. The Labute approximate surface area is 115 Å². The number of aryl methyl sites for hydroxylation is 1. The lowest BCUT2D eigenvalue weighted by molar-refractivity contribution is 0.578. The van der Waals surface area contributed by atoms with E-state index in [1.54, 1.807) is 0 Å². The minimum Gasteiger partial charge on any atom is -0.396 e. The Kier molecular flexibility index (Phi) is 3.88. The number of thiophene rings is 1. The molecule has 0 aliphatic heterocycles. The molecule has 0 saturated heterocycles. The zero-order chi connectivity index (χ0) is 14.0. The third-order valence-corrected chi connectivity index (χ3v) is 5.10. The van der Waals surface area contributed by atoms with E-state index in [0.29, 0.717) is 0 Å². The van der Waals surface area contributed by atoms with E-state index in [4.69, 9.17) is 5.73 Å². The Morgan fingerprint density at radius 2 is 2.11 bits per heavy atom. The molecule has 0 bridgehead atoms. The molecule has 0 atom stereocenters. The van der Waals surface area contributed by atoms with Crippen LogP contribution in [-0.2, 0) is 16.6 Å². The van der Waals surface area contributed by atoms with Crippen molar-refractivity contribution in [2.45, 2.75) is 18.4 Å². The first-order valence-corrected chi connectivity index (χ1v) is 7.84. The van der Waals surface area contributed by atoms with Crippen molar-refractivity contribution in [1.29, 1.82) is 0 Å². The van der Waals surface area contributed by atoms with Gasteiger partial charge in [-0.15, -0.1) is 11.3 Å². The van der Waals surface area contributed by atoms with Gasteiger partial charge in [-0.1, -0.05) is 0 Å². The third kappa shape index (κ3) is 3.12. The second-order valence-corrected chi connectivity index (χ2v) is 6.80. The Balaban J connectivity index is 2.18. The van der Waals surface area contributed by atoms with Gasteiger partial charge in [0.15, 0.2) is 0 Å². The molecule has 1 aromatic heterocycles. The fraction of sp³-hybridized carbons (Fsp3) is 0.167. The molecule has 1 heterocycles. The van der Waals surface area contributed by atoms with Gasteiger partial charge in [-0.05, 0) is 42.1 Å². The fourth-order valence-electron chi connectivity index (χ4n) is 1.50. The molecule has 0 amide bonds. The monoisotopic (exact) mass is 300 g/mol. The minimum atomic E-state index is -3.73. The smallest absolute Gasteiger partial charge is 0.241 e. The minimum absolute atomic E-state index is 0.0759. The molecule has 0 aliphatic rings. The van der Waals surface area contributed by atoms with Crippen LogP contribution in [0.15, 0.2) is 34.5 Å². The van der Waals surface area contributed by atoms with Crippen LogP contribution in [0.1, 0.15) is 10.4 Å². The molecule has 0 radical (unpaired) electrons. The number of sulfonamides is 1. The highest BCUT2D eigenvalue weighted by atomic mass is 32.2. The van der Waals surface area contributed by atoms with Gasteiger partial charge in [0.05, 0.1) is 10.6 Å². The van der Waals surface area contributed by atoms with Crippen molar-refractivity contribution in [3.8, 4) is 0 Å². The highest BCUT2D eigenvalue weighted by molar-refractivity contribution is 7.89. The molecule has 1 aromatic carbocycles. The van der Waals surface area contributed by atoms with Crippen LogP contribution in [0.2, 0.25) is 0 Å². The quantitative estimate of drug-likeness (QED) is 0.851. The van der Waals surface area contributed by atoms with Crippen LogP contribution in [0.25, 0.3) is 0 Å². The van der Waals surface area contributed by atoms with Gasteiger partial charge in [-0.25, -0.2) is 17.5 Å². The van der Waals surface area contributed by atoms with Gasteiger partial charge >= 0.3 is 0 Å². The number of benzene rings is 1. The molecule has 0 unspecified atom stereocenters. The molecule has 0 aliphatic carbocycles. The van der Waals surface area contributed by atoms with Crippen LogP contribution in [0.5, 0.6) is 0 Å². The van der Waals surface area contributed by atoms with Crippen LogP contribution in [0.3, 0.4) is 0 Å². The molecular formula is C12H13FN2O2S2. The van der Waals surface area contributed by atoms with E-state index in [1.165, 1.54) is 23.5 Å². The van der Waals surface area contributed by atoms with Gasteiger partial charge in [0.25, 0.3) is 0 Å². The van der Waals surface area contributed by atoms with Gasteiger partial charge in [-0.3, -0.25) is 0 Å². The number of halogens is 1. The molecule has 0 saturated carbocycles.